The van der Waals surface area contributed by atoms with Crippen LogP contribution in [-0.4, -0.2) is 31.2 Å². The van der Waals surface area contributed by atoms with E-state index < -0.39 is 16.1 Å². The zero-order valence-electron chi connectivity index (χ0n) is 14.8. The van der Waals surface area contributed by atoms with Crippen molar-refractivity contribution in [3.05, 3.63) is 63.6 Å². The van der Waals surface area contributed by atoms with Crippen molar-refractivity contribution in [2.24, 2.45) is 0 Å². The van der Waals surface area contributed by atoms with Gasteiger partial charge in [-0.05, 0) is 49.6 Å². The van der Waals surface area contributed by atoms with Crippen LogP contribution < -0.4 is 5.32 Å². The molecule has 2 aromatic carbocycles. The number of amides is 1. The number of rotatable bonds is 5. The average molecular weight is 427 g/mol. The summed E-state index contributed by atoms with van der Waals surface area (Å²) in [5.41, 5.74) is 1.70. The van der Waals surface area contributed by atoms with Crippen LogP contribution in [0, 0.1) is 6.92 Å². The summed E-state index contributed by atoms with van der Waals surface area (Å²) in [7, 11) is -3.72. The lowest BCUT2D eigenvalue weighted by Gasteiger charge is -2.23. The number of benzene rings is 2. The van der Waals surface area contributed by atoms with Crippen LogP contribution in [0.2, 0.25) is 10.0 Å². The van der Waals surface area contributed by atoms with Gasteiger partial charge in [0.15, 0.2) is 0 Å². The van der Waals surface area contributed by atoms with Crippen molar-refractivity contribution in [1.29, 1.82) is 0 Å². The molecule has 1 heterocycles. The maximum Gasteiger partial charge on any atom is 0.243 e. The molecule has 0 saturated carbocycles. The summed E-state index contributed by atoms with van der Waals surface area (Å²) >= 11 is 12.0. The van der Waals surface area contributed by atoms with Gasteiger partial charge in [-0.25, -0.2) is 8.42 Å². The summed E-state index contributed by atoms with van der Waals surface area (Å²) in [6.45, 7) is 2.43. The Hall–Kier alpha value is -1.60. The summed E-state index contributed by atoms with van der Waals surface area (Å²) in [5.74, 6) is -0.325. The van der Waals surface area contributed by atoms with E-state index in [1.54, 1.807) is 42.5 Å². The third-order valence-corrected chi connectivity index (χ3v) is 7.11. The van der Waals surface area contributed by atoms with Crippen LogP contribution in [0.25, 0.3) is 0 Å². The van der Waals surface area contributed by atoms with Crippen molar-refractivity contribution in [2.45, 2.75) is 37.2 Å². The number of hydrogen-bond acceptors (Lipinski definition) is 3. The minimum absolute atomic E-state index is 0.202. The molecule has 2 aromatic rings. The van der Waals surface area contributed by atoms with Crippen molar-refractivity contribution in [3.63, 3.8) is 0 Å². The number of sulfonamides is 1. The zero-order valence-corrected chi connectivity index (χ0v) is 17.1. The average Bonchev–Trinajstić information content (AvgIpc) is 3.12. The first-order valence-corrected chi connectivity index (χ1v) is 10.8. The molecule has 1 aliphatic heterocycles. The van der Waals surface area contributed by atoms with Gasteiger partial charge < -0.3 is 5.32 Å². The third-order valence-electron chi connectivity index (χ3n) is 4.60. The Kier molecular flexibility index (Phi) is 6.11. The molecule has 0 unspecified atom stereocenters. The highest BCUT2D eigenvalue weighted by molar-refractivity contribution is 7.89. The Morgan fingerprint density at radius 2 is 1.89 bits per heavy atom. The predicted octanol–water partition coefficient (Wildman–Crippen LogP) is 3.77. The SMILES string of the molecule is Cc1ccc(S(=O)(=O)N2CCC[C@H]2C(=O)NCc2ccc(Cl)cc2Cl)cc1. The van der Waals surface area contributed by atoms with Gasteiger partial charge in [-0.1, -0.05) is 47.0 Å². The van der Waals surface area contributed by atoms with Crippen LogP contribution in [0.4, 0.5) is 0 Å². The van der Waals surface area contributed by atoms with Gasteiger partial charge in [-0.3, -0.25) is 4.79 Å². The van der Waals surface area contributed by atoms with Gasteiger partial charge in [0.2, 0.25) is 15.9 Å². The molecule has 27 heavy (non-hydrogen) atoms. The maximum atomic E-state index is 12.9. The molecule has 1 fully saturated rings. The molecule has 144 valence electrons. The van der Waals surface area contributed by atoms with E-state index in [9.17, 15) is 13.2 Å². The van der Waals surface area contributed by atoms with Crippen LogP contribution in [-0.2, 0) is 21.4 Å². The van der Waals surface area contributed by atoms with Gasteiger partial charge >= 0.3 is 0 Å². The molecule has 8 heteroatoms. The van der Waals surface area contributed by atoms with E-state index >= 15 is 0 Å². The van der Waals surface area contributed by atoms with Gasteiger partial charge in [0.05, 0.1) is 4.90 Å². The van der Waals surface area contributed by atoms with Crippen LogP contribution in [0.3, 0.4) is 0 Å². The first kappa shape index (κ1) is 20.1. The molecule has 0 bridgehead atoms. The number of carbonyl (C=O) groups excluding carboxylic acids is 1. The monoisotopic (exact) mass is 426 g/mol. The quantitative estimate of drug-likeness (QED) is 0.790. The summed E-state index contributed by atoms with van der Waals surface area (Å²) in [6.07, 6.45) is 1.14. The largest absolute Gasteiger partial charge is 0.351 e. The van der Waals surface area contributed by atoms with Gasteiger partial charge in [0, 0.05) is 23.1 Å². The second-order valence-corrected chi connectivity index (χ2v) is 9.27. The lowest BCUT2D eigenvalue weighted by Crippen LogP contribution is -2.45. The number of aryl methyl sites for hydroxylation is 1. The number of nitrogens with zero attached hydrogens (tertiary/aromatic N) is 1. The lowest BCUT2D eigenvalue weighted by atomic mass is 10.2. The van der Waals surface area contributed by atoms with Gasteiger partial charge in [0.1, 0.15) is 6.04 Å². The second kappa shape index (κ2) is 8.19. The minimum atomic E-state index is -3.72. The van der Waals surface area contributed by atoms with E-state index in [1.807, 2.05) is 6.92 Å². The summed E-state index contributed by atoms with van der Waals surface area (Å²) in [5, 5.41) is 3.76. The highest BCUT2D eigenvalue weighted by Gasteiger charge is 2.39. The van der Waals surface area contributed by atoms with E-state index in [0.29, 0.717) is 29.4 Å². The number of hydrogen-bond donors (Lipinski definition) is 1. The predicted molar refractivity (Wildman–Crippen MR) is 106 cm³/mol. The van der Waals surface area contributed by atoms with Crippen molar-refractivity contribution in [3.8, 4) is 0 Å². The third kappa shape index (κ3) is 4.46. The summed E-state index contributed by atoms with van der Waals surface area (Å²) in [4.78, 5) is 12.9. The molecule has 0 spiro atoms. The van der Waals surface area contributed by atoms with Crippen molar-refractivity contribution < 1.29 is 13.2 Å². The highest BCUT2D eigenvalue weighted by atomic mass is 35.5. The Labute approximate surface area is 169 Å². The number of halogens is 2. The van der Waals surface area contributed by atoms with E-state index in [2.05, 4.69) is 5.32 Å². The smallest absolute Gasteiger partial charge is 0.243 e. The first-order valence-electron chi connectivity index (χ1n) is 8.59. The number of nitrogens with one attached hydrogen (secondary N) is 1. The van der Waals surface area contributed by atoms with Crippen molar-refractivity contribution in [1.82, 2.24) is 9.62 Å². The van der Waals surface area contributed by atoms with Gasteiger partial charge in [0.25, 0.3) is 0 Å². The topological polar surface area (TPSA) is 66.5 Å². The fourth-order valence-corrected chi connectivity index (χ4v) is 5.23. The van der Waals surface area contributed by atoms with E-state index in [0.717, 1.165) is 11.1 Å². The first-order chi connectivity index (χ1) is 12.8. The molecule has 0 aromatic heterocycles. The molecule has 1 N–H and O–H groups in total. The molecule has 0 aliphatic carbocycles. The molecule has 1 amide bonds. The van der Waals surface area contributed by atoms with Crippen LogP contribution in [0.1, 0.15) is 24.0 Å². The number of carbonyl (C=O) groups is 1. The summed E-state index contributed by atoms with van der Waals surface area (Å²) < 4.78 is 27.2. The molecule has 3 rings (SSSR count). The standard InChI is InChI=1S/C19H20Cl2N2O3S/c1-13-4-8-16(9-5-13)27(25,26)23-10-2-3-18(23)19(24)22-12-14-6-7-15(20)11-17(14)21/h4-9,11,18H,2-3,10,12H2,1H3,(H,22,24)/t18-/m0/s1. The van der Waals surface area contributed by atoms with Gasteiger partial charge in [-0.15, -0.1) is 0 Å². The van der Waals surface area contributed by atoms with Crippen LogP contribution in [0.5, 0.6) is 0 Å². The van der Waals surface area contributed by atoms with Crippen molar-refractivity contribution >= 4 is 39.1 Å². The lowest BCUT2D eigenvalue weighted by molar-refractivity contribution is -0.124. The Morgan fingerprint density at radius 3 is 2.56 bits per heavy atom. The molecule has 1 aliphatic rings. The molecular weight excluding hydrogens is 407 g/mol. The summed E-state index contributed by atoms with van der Waals surface area (Å²) in [6, 6.07) is 11.0. The fourth-order valence-electron chi connectivity index (χ4n) is 3.10. The van der Waals surface area contributed by atoms with Crippen LogP contribution in [0.15, 0.2) is 47.4 Å². The van der Waals surface area contributed by atoms with Crippen molar-refractivity contribution in [2.75, 3.05) is 6.54 Å². The van der Waals surface area contributed by atoms with Gasteiger partial charge in [-0.2, -0.15) is 4.31 Å². The fraction of sp³-hybridized carbons (Fsp3) is 0.316. The maximum absolute atomic E-state index is 12.9. The van der Waals surface area contributed by atoms with Crippen LogP contribution >= 0.6 is 23.2 Å². The molecular formula is C19H20Cl2N2O3S. The zero-order chi connectivity index (χ0) is 19.6. The second-order valence-electron chi connectivity index (χ2n) is 6.54. The molecule has 1 saturated heterocycles. The molecule has 5 nitrogen and oxygen atoms in total. The highest BCUT2D eigenvalue weighted by Crippen LogP contribution is 2.27. The molecule has 1 atom stereocenters. The Bertz CT molecular complexity index is 946. The molecule has 0 radical (unpaired) electrons. The van der Waals surface area contributed by atoms with E-state index in [1.165, 1.54) is 4.31 Å². The van der Waals surface area contributed by atoms with E-state index in [4.69, 9.17) is 23.2 Å². The minimum Gasteiger partial charge on any atom is -0.351 e. The van der Waals surface area contributed by atoms with E-state index in [-0.39, 0.29) is 17.3 Å². The normalized spacial score (nSPS) is 17.8. The Morgan fingerprint density at radius 1 is 1.19 bits per heavy atom. The Balaban J connectivity index is 1.73.